The maximum Gasteiger partial charge on any atom is 0.164 e. The van der Waals surface area contributed by atoms with Crippen LogP contribution in [0, 0.1) is 5.92 Å². The van der Waals surface area contributed by atoms with Crippen LogP contribution in [0.5, 0.6) is 0 Å². The molecule has 0 unspecified atom stereocenters. The predicted octanol–water partition coefficient (Wildman–Crippen LogP) is 2.64. The van der Waals surface area contributed by atoms with Gasteiger partial charge in [-0.05, 0) is 17.6 Å². The van der Waals surface area contributed by atoms with E-state index in [1.807, 2.05) is 0 Å². The van der Waals surface area contributed by atoms with E-state index in [1.165, 1.54) is 0 Å². The van der Waals surface area contributed by atoms with Crippen LogP contribution >= 0.6 is 0 Å². The molecule has 1 rings (SSSR count). The Labute approximate surface area is 79.5 Å². The molecule has 0 radical (unpaired) electrons. The molecule has 0 aromatic heterocycles. The summed E-state index contributed by atoms with van der Waals surface area (Å²) in [4.78, 5) is 0. The second-order valence-corrected chi connectivity index (χ2v) is 3.27. The van der Waals surface area contributed by atoms with Crippen molar-refractivity contribution in [3.05, 3.63) is 36.3 Å². The monoisotopic (exact) mass is 180 g/mol. The first-order valence-electron chi connectivity index (χ1n) is 4.48. The topological polar surface area (TPSA) is 18.5 Å². The van der Waals surface area contributed by atoms with Crippen LogP contribution in [0.1, 0.15) is 13.8 Å². The lowest BCUT2D eigenvalue weighted by atomic mass is 10.0. The molecule has 72 valence electrons. The Hall–Kier alpha value is -1.18. The molecule has 2 nitrogen and oxygen atoms in total. The van der Waals surface area contributed by atoms with Gasteiger partial charge in [0.25, 0.3) is 0 Å². The summed E-state index contributed by atoms with van der Waals surface area (Å²) in [6.07, 6.45) is 1.67. The summed E-state index contributed by atoms with van der Waals surface area (Å²) in [6, 6.07) is 0. The zero-order valence-corrected chi connectivity index (χ0v) is 8.30. The molecule has 13 heavy (non-hydrogen) atoms. The average molecular weight is 180 g/mol. The van der Waals surface area contributed by atoms with Crippen molar-refractivity contribution in [2.24, 2.45) is 5.92 Å². The molecule has 0 aliphatic carbocycles. The van der Waals surface area contributed by atoms with Crippen molar-refractivity contribution in [3.8, 4) is 0 Å². The maximum absolute atomic E-state index is 5.49. The molecule has 1 heterocycles. The number of allylic oxidation sites excluding steroid dienone is 2. The Balaban J connectivity index is 2.90. The lowest BCUT2D eigenvalue weighted by molar-refractivity contribution is 0.0728. The predicted molar refractivity (Wildman–Crippen MR) is 53.1 cm³/mol. The highest BCUT2D eigenvalue weighted by Crippen LogP contribution is 2.25. The summed E-state index contributed by atoms with van der Waals surface area (Å²) in [6.45, 7) is 13.0. The van der Waals surface area contributed by atoms with Crippen molar-refractivity contribution >= 4 is 0 Å². The van der Waals surface area contributed by atoms with Crippen molar-refractivity contribution in [1.29, 1.82) is 0 Å². The summed E-state index contributed by atoms with van der Waals surface area (Å²) in [5.41, 5.74) is 0.967. The SMILES string of the molecule is C=CC1=C(C(=C)C(C)C)OCCO1. The minimum Gasteiger partial charge on any atom is -0.486 e. The van der Waals surface area contributed by atoms with Gasteiger partial charge in [-0.2, -0.15) is 0 Å². The Kier molecular flexibility index (Phi) is 3.18. The largest absolute Gasteiger partial charge is 0.486 e. The number of ether oxygens (including phenoxy) is 2. The van der Waals surface area contributed by atoms with Gasteiger partial charge >= 0.3 is 0 Å². The van der Waals surface area contributed by atoms with Gasteiger partial charge in [-0.1, -0.05) is 27.0 Å². The minimum atomic E-state index is 0.367. The molecule has 0 bridgehead atoms. The number of hydrogen-bond donors (Lipinski definition) is 0. The fraction of sp³-hybridized carbons (Fsp3) is 0.455. The summed E-state index contributed by atoms with van der Waals surface area (Å²) in [7, 11) is 0. The highest BCUT2D eigenvalue weighted by molar-refractivity contribution is 5.32. The van der Waals surface area contributed by atoms with Crippen LogP contribution in [-0.2, 0) is 9.47 Å². The van der Waals surface area contributed by atoms with Gasteiger partial charge in [-0.15, -0.1) is 0 Å². The normalized spacial score (nSPS) is 16.5. The van der Waals surface area contributed by atoms with Crippen molar-refractivity contribution in [2.75, 3.05) is 13.2 Å². The first kappa shape index (κ1) is 9.90. The van der Waals surface area contributed by atoms with Crippen LogP contribution in [0.2, 0.25) is 0 Å². The van der Waals surface area contributed by atoms with E-state index in [9.17, 15) is 0 Å². The quantitative estimate of drug-likeness (QED) is 0.664. The van der Waals surface area contributed by atoms with Crippen molar-refractivity contribution in [1.82, 2.24) is 0 Å². The smallest absolute Gasteiger partial charge is 0.164 e. The van der Waals surface area contributed by atoms with Crippen LogP contribution in [0.15, 0.2) is 36.3 Å². The van der Waals surface area contributed by atoms with Crippen molar-refractivity contribution < 1.29 is 9.47 Å². The zero-order chi connectivity index (χ0) is 9.84. The van der Waals surface area contributed by atoms with Crippen LogP contribution in [0.25, 0.3) is 0 Å². The van der Waals surface area contributed by atoms with E-state index in [2.05, 4.69) is 27.0 Å². The third kappa shape index (κ3) is 2.14. The molecular weight excluding hydrogens is 164 g/mol. The van der Waals surface area contributed by atoms with Crippen molar-refractivity contribution in [3.63, 3.8) is 0 Å². The van der Waals surface area contributed by atoms with Gasteiger partial charge in [0.2, 0.25) is 0 Å². The van der Waals surface area contributed by atoms with E-state index in [0.717, 1.165) is 11.3 Å². The average Bonchev–Trinajstić information content (AvgIpc) is 2.16. The van der Waals surface area contributed by atoms with E-state index in [4.69, 9.17) is 9.47 Å². The van der Waals surface area contributed by atoms with Gasteiger partial charge in [-0.3, -0.25) is 0 Å². The van der Waals surface area contributed by atoms with E-state index < -0.39 is 0 Å². The van der Waals surface area contributed by atoms with Crippen LogP contribution in [-0.4, -0.2) is 13.2 Å². The number of rotatable bonds is 3. The van der Waals surface area contributed by atoms with Crippen LogP contribution in [0.4, 0.5) is 0 Å². The third-order valence-corrected chi connectivity index (χ3v) is 1.99. The second-order valence-electron chi connectivity index (χ2n) is 3.27. The maximum atomic E-state index is 5.49. The van der Waals surface area contributed by atoms with Gasteiger partial charge in [0.1, 0.15) is 13.2 Å². The summed E-state index contributed by atoms with van der Waals surface area (Å²) in [5.74, 6) is 1.84. The van der Waals surface area contributed by atoms with E-state index >= 15 is 0 Å². The molecular formula is C11H16O2. The molecule has 0 aromatic carbocycles. The summed E-state index contributed by atoms with van der Waals surface area (Å²) < 4.78 is 10.9. The molecule has 0 fully saturated rings. The fourth-order valence-corrected chi connectivity index (χ4v) is 1.10. The fourth-order valence-electron chi connectivity index (χ4n) is 1.10. The Bertz CT molecular complexity index is 249. The Morgan fingerprint density at radius 1 is 1.38 bits per heavy atom. The first-order chi connectivity index (χ1) is 6.16. The second kappa shape index (κ2) is 4.17. The molecule has 0 spiro atoms. The van der Waals surface area contributed by atoms with Gasteiger partial charge < -0.3 is 9.47 Å². The third-order valence-electron chi connectivity index (χ3n) is 1.99. The molecule has 0 atom stereocenters. The highest BCUT2D eigenvalue weighted by Gasteiger charge is 2.17. The molecule has 1 aliphatic rings. The van der Waals surface area contributed by atoms with E-state index in [-0.39, 0.29) is 0 Å². The van der Waals surface area contributed by atoms with Gasteiger partial charge in [0.15, 0.2) is 11.5 Å². The van der Waals surface area contributed by atoms with Gasteiger partial charge in [0.05, 0.1) is 0 Å². The highest BCUT2D eigenvalue weighted by atomic mass is 16.6. The van der Waals surface area contributed by atoms with Gasteiger partial charge in [-0.25, -0.2) is 0 Å². The molecule has 0 saturated heterocycles. The molecule has 0 amide bonds. The molecule has 0 N–H and O–H groups in total. The van der Waals surface area contributed by atoms with Crippen LogP contribution in [0.3, 0.4) is 0 Å². The van der Waals surface area contributed by atoms with E-state index in [1.54, 1.807) is 6.08 Å². The van der Waals surface area contributed by atoms with Gasteiger partial charge in [0, 0.05) is 0 Å². The van der Waals surface area contributed by atoms with Crippen molar-refractivity contribution in [2.45, 2.75) is 13.8 Å². The first-order valence-corrected chi connectivity index (χ1v) is 4.48. The summed E-state index contributed by atoms with van der Waals surface area (Å²) in [5, 5.41) is 0. The molecule has 0 aromatic rings. The van der Waals surface area contributed by atoms with Crippen LogP contribution < -0.4 is 0 Å². The molecule has 1 aliphatic heterocycles. The lowest BCUT2D eigenvalue weighted by Gasteiger charge is -2.23. The number of hydrogen-bond acceptors (Lipinski definition) is 2. The standard InChI is InChI=1S/C11H16O2/c1-5-10-11(9(4)8(2)3)13-7-6-12-10/h5,8H,1,4,6-7H2,2-3H3. The minimum absolute atomic E-state index is 0.367. The molecule has 0 saturated carbocycles. The van der Waals surface area contributed by atoms with E-state index in [0.29, 0.717) is 24.9 Å². The Morgan fingerprint density at radius 2 is 2.00 bits per heavy atom. The zero-order valence-electron chi connectivity index (χ0n) is 8.30. The Morgan fingerprint density at radius 3 is 2.54 bits per heavy atom. The summed E-state index contributed by atoms with van der Waals surface area (Å²) >= 11 is 0. The lowest BCUT2D eigenvalue weighted by Crippen LogP contribution is -2.15. The molecule has 2 heteroatoms.